The molecular weight excluding hydrogens is 368 g/mol. The van der Waals surface area contributed by atoms with E-state index in [-0.39, 0.29) is 23.2 Å². The molecule has 28 heavy (non-hydrogen) atoms. The monoisotopic (exact) mass is 412 g/mol. The van der Waals surface area contributed by atoms with Crippen LogP contribution >= 0.6 is 0 Å². The summed E-state index contributed by atoms with van der Waals surface area (Å²) in [6, 6.07) is 0. The Morgan fingerprint density at radius 3 is 2.36 bits per heavy atom. The first-order chi connectivity index (χ1) is 13.0. The molecule has 0 bridgehead atoms. The second-order valence-electron chi connectivity index (χ2n) is 9.94. The Morgan fingerprint density at radius 2 is 1.79 bits per heavy atom. The highest BCUT2D eigenvalue weighted by molar-refractivity contribution is 6.74. The maximum absolute atomic E-state index is 11.2. The van der Waals surface area contributed by atoms with E-state index in [1.807, 2.05) is 6.08 Å². The van der Waals surface area contributed by atoms with Crippen LogP contribution < -0.4 is 0 Å². The van der Waals surface area contributed by atoms with Crippen LogP contribution in [0.25, 0.3) is 0 Å². The summed E-state index contributed by atoms with van der Waals surface area (Å²) in [5.41, 5.74) is 0. The van der Waals surface area contributed by atoms with E-state index in [2.05, 4.69) is 45.2 Å². The number of hydrogen-bond acceptors (Lipinski definition) is 4. The standard InChI is InChI=1S/C23H44O4Si/c1-8-9-14-19-18(15-12-10-11-13-16-22(25)26-5)20(24)17-21(19)27-28(6,7)23(2,3)4/h8,18-21,24H,1,9-17H2,2-7H3/t18-,19-,20?,21?/m1/s1. The predicted octanol–water partition coefficient (Wildman–Crippen LogP) is 5.85. The molecule has 0 aromatic carbocycles. The average Bonchev–Trinajstić information content (AvgIpc) is 2.88. The summed E-state index contributed by atoms with van der Waals surface area (Å²) in [4.78, 5) is 11.2. The fourth-order valence-electron chi connectivity index (χ4n) is 4.06. The zero-order valence-corrected chi connectivity index (χ0v) is 20.1. The van der Waals surface area contributed by atoms with Gasteiger partial charge in [-0.15, -0.1) is 6.58 Å². The number of carbonyl (C=O) groups excluding carboxylic acids is 1. The van der Waals surface area contributed by atoms with Gasteiger partial charge >= 0.3 is 5.97 Å². The topological polar surface area (TPSA) is 55.8 Å². The van der Waals surface area contributed by atoms with Gasteiger partial charge in [-0.05, 0) is 62.1 Å². The van der Waals surface area contributed by atoms with Gasteiger partial charge in [0.25, 0.3) is 0 Å². The van der Waals surface area contributed by atoms with Crippen molar-refractivity contribution in [2.45, 2.75) is 109 Å². The summed E-state index contributed by atoms with van der Waals surface area (Å²) in [7, 11) is -0.414. The van der Waals surface area contributed by atoms with E-state index in [1.54, 1.807) is 0 Å². The molecule has 2 unspecified atom stereocenters. The summed E-state index contributed by atoms with van der Waals surface area (Å²) in [5.74, 6) is 0.605. The van der Waals surface area contributed by atoms with Crippen molar-refractivity contribution in [2.24, 2.45) is 11.8 Å². The molecule has 0 heterocycles. The molecular formula is C23H44O4Si. The summed E-state index contributed by atoms with van der Waals surface area (Å²) < 4.78 is 11.4. The molecule has 1 saturated carbocycles. The van der Waals surface area contributed by atoms with E-state index in [1.165, 1.54) is 7.11 Å². The van der Waals surface area contributed by atoms with E-state index in [0.29, 0.717) is 18.3 Å². The van der Waals surface area contributed by atoms with E-state index >= 15 is 0 Å². The van der Waals surface area contributed by atoms with Crippen molar-refractivity contribution >= 4 is 14.3 Å². The van der Waals surface area contributed by atoms with Gasteiger partial charge < -0.3 is 14.3 Å². The molecule has 1 aliphatic rings. The summed E-state index contributed by atoms with van der Waals surface area (Å²) in [6.45, 7) is 15.3. The van der Waals surface area contributed by atoms with Crippen molar-refractivity contribution in [1.82, 2.24) is 0 Å². The number of methoxy groups -OCH3 is 1. The summed E-state index contributed by atoms with van der Waals surface area (Å²) in [5, 5.41) is 11.0. The molecule has 0 amide bonds. The van der Waals surface area contributed by atoms with Gasteiger partial charge in [-0.2, -0.15) is 0 Å². The number of hydrogen-bond donors (Lipinski definition) is 1. The van der Waals surface area contributed by atoms with Crippen molar-refractivity contribution in [1.29, 1.82) is 0 Å². The Balaban J connectivity index is 2.61. The van der Waals surface area contributed by atoms with Crippen LogP contribution in [0.15, 0.2) is 12.7 Å². The van der Waals surface area contributed by atoms with Gasteiger partial charge in [0.15, 0.2) is 8.32 Å². The molecule has 1 N–H and O–H groups in total. The van der Waals surface area contributed by atoms with Gasteiger partial charge in [0.05, 0.1) is 19.3 Å². The van der Waals surface area contributed by atoms with Gasteiger partial charge in [0.1, 0.15) is 0 Å². The summed E-state index contributed by atoms with van der Waals surface area (Å²) >= 11 is 0. The van der Waals surface area contributed by atoms with Crippen molar-refractivity contribution in [3.8, 4) is 0 Å². The minimum Gasteiger partial charge on any atom is -0.469 e. The number of carbonyl (C=O) groups is 1. The molecule has 0 saturated heterocycles. The van der Waals surface area contributed by atoms with Crippen molar-refractivity contribution in [3.05, 3.63) is 12.7 Å². The first kappa shape index (κ1) is 25.4. The van der Waals surface area contributed by atoms with Crippen molar-refractivity contribution < 1.29 is 19.1 Å². The van der Waals surface area contributed by atoms with E-state index in [4.69, 9.17) is 4.43 Å². The third kappa shape index (κ3) is 7.64. The predicted molar refractivity (Wildman–Crippen MR) is 119 cm³/mol. The SMILES string of the molecule is C=CCC[C@H]1C(O[Si](C)(C)C(C)(C)C)CC(O)[C@@H]1CCCCCCC(=O)OC. The molecule has 0 aromatic rings. The van der Waals surface area contributed by atoms with Gasteiger partial charge in [-0.3, -0.25) is 4.79 Å². The number of aliphatic hydroxyl groups excluding tert-OH is 1. The normalized spacial score (nSPS) is 25.7. The molecule has 1 aliphatic carbocycles. The molecule has 0 aromatic heterocycles. The second kappa shape index (κ2) is 11.5. The van der Waals surface area contributed by atoms with Crippen LogP contribution in [0.4, 0.5) is 0 Å². The molecule has 1 fully saturated rings. The molecule has 4 atom stereocenters. The Hall–Kier alpha value is -0.653. The van der Waals surface area contributed by atoms with Crippen LogP contribution in [0.5, 0.6) is 0 Å². The molecule has 0 radical (unpaired) electrons. The third-order valence-electron chi connectivity index (χ3n) is 6.85. The quantitative estimate of drug-likeness (QED) is 0.189. The Labute approximate surface area is 174 Å². The zero-order chi connectivity index (χ0) is 21.4. The van der Waals surface area contributed by atoms with Crippen LogP contribution in [-0.4, -0.2) is 38.7 Å². The number of allylic oxidation sites excluding steroid dienone is 1. The first-order valence-corrected chi connectivity index (χ1v) is 14.0. The van der Waals surface area contributed by atoms with Gasteiger partial charge in [0, 0.05) is 6.42 Å². The molecule has 0 spiro atoms. The maximum Gasteiger partial charge on any atom is 0.305 e. The van der Waals surface area contributed by atoms with Crippen LogP contribution in [0.3, 0.4) is 0 Å². The van der Waals surface area contributed by atoms with Crippen molar-refractivity contribution in [3.63, 3.8) is 0 Å². The number of unbranched alkanes of at least 4 members (excludes halogenated alkanes) is 3. The highest BCUT2D eigenvalue weighted by atomic mass is 28.4. The van der Waals surface area contributed by atoms with Crippen LogP contribution in [-0.2, 0) is 14.0 Å². The largest absolute Gasteiger partial charge is 0.469 e. The van der Waals surface area contributed by atoms with Crippen LogP contribution in [0.1, 0.15) is 78.6 Å². The third-order valence-corrected chi connectivity index (χ3v) is 11.4. The summed E-state index contributed by atoms with van der Waals surface area (Å²) in [6.07, 6.45) is 10.3. The lowest BCUT2D eigenvalue weighted by molar-refractivity contribution is -0.140. The molecule has 4 nitrogen and oxygen atoms in total. The highest BCUT2D eigenvalue weighted by Crippen LogP contribution is 2.45. The molecule has 164 valence electrons. The highest BCUT2D eigenvalue weighted by Gasteiger charge is 2.47. The Kier molecular flexibility index (Phi) is 10.4. The zero-order valence-electron chi connectivity index (χ0n) is 19.1. The number of esters is 1. The lowest BCUT2D eigenvalue weighted by atomic mass is 9.85. The first-order valence-electron chi connectivity index (χ1n) is 11.1. The smallest absolute Gasteiger partial charge is 0.305 e. The number of ether oxygens (including phenoxy) is 1. The van der Waals surface area contributed by atoms with Gasteiger partial charge in [0.2, 0.25) is 0 Å². The van der Waals surface area contributed by atoms with E-state index in [9.17, 15) is 9.90 Å². The van der Waals surface area contributed by atoms with E-state index < -0.39 is 8.32 Å². The maximum atomic E-state index is 11.2. The van der Waals surface area contributed by atoms with Crippen LogP contribution in [0, 0.1) is 11.8 Å². The minimum atomic E-state index is -1.85. The number of rotatable bonds is 12. The van der Waals surface area contributed by atoms with Crippen LogP contribution in [0.2, 0.25) is 18.1 Å². The van der Waals surface area contributed by atoms with Gasteiger partial charge in [-0.1, -0.05) is 46.1 Å². The Morgan fingerprint density at radius 1 is 1.14 bits per heavy atom. The second-order valence-corrected chi connectivity index (χ2v) is 14.7. The van der Waals surface area contributed by atoms with Crippen molar-refractivity contribution in [2.75, 3.05) is 7.11 Å². The van der Waals surface area contributed by atoms with Gasteiger partial charge in [-0.25, -0.2) is 0 Å². The Bertz CT molecular complexity index is 483. The fraction of sp³-hybridized carbons (Fsp3) is 0.870. The minimum absolute atomic E-state index is 0.124. The number of aliphatic hydroxyl groups is 1. The fourth-order valence-corrected chi connectivity index (χ4v) is 5.44. The lowest BCUT2D eigenvalue weighted by Crippen LogP contribution is -2.45. The molecule has 5 heteroatoms. The molecule has 0 aliphatic heterocycles. The average molecular weight is 413 g/mol. The molecule has 1 rings (SSSR count). The lowest BCUT2D eigenvalue weighted by Gasteiger charge is -2.40. The van der Waals surface area contributed by atoms with E-state index in [0.717, 1.165) is 51.4 Å².